The molecule has 2 heterocycles. The Morgan fingerprint density at radius 3 is 2.66 bits per heavy atom. The number of sulfonamides is 1. The lowest BCUT2D eigenvalue weighted by molar-refractivity contribution is 0.0789. The van der Waals surface area contributed by atoms with Gasteiger partial charge in [0.25, 0.3) is 15.9 Å². The Kier molecular flexibility index (Phi) is 7.47. The van der Waals surface area contributed by atoms with E-state index in [0.29, 0.717) is 24.6 Å². The van der Waals surface area contributed by atoms with Crippen molar-refractivity contribution in [3.05, 3.63) is 23.8 Å². The van der Waals surface area contributed by atoms with Crippen LogP contribution in [-0.2, 0) is 10.0 Å². The molecular weight excluding hydrogens is 448 g/mol. The van der Waals surface area contributed by atoms with Crippen molar-refractivity contribution in [1.82, 2.24) is 15.1 Å². The van der Waals surface area contributed by atoms with Crippen molar-refractivity contribution in [2.75, 3.05) is 29.8 Å². The van der Waals surface area contributed by atoms with Crippen molar-refractivity contribution < 1.29 is 13.2 Å². The van der Waals surface area contributed by atoms with E-state index in [1.807, 2.05) is 6.26 Å². The average Bonchev–Trinajstić information content (AvgIpc) is 3.37. The molecule has 0 spiro atoms. The zero-order valence-corrected chi connectivity index (χ0v) is 19.8. The maximum absolute atomic E-state index is 12.9. The highest BCUT2D eigenvalue weighted by Gasteiger charge is 2.25. The number of hydrogen-bond donors (Lipinski definition) is 1. The number of benzene rings is 1. The van der Waals surface area contributed by atoms with E-state index >= 15 is 0 Å². The van der Waals surface area contributed by atoms with Crippen molar-refractivity contribution in [3.8, 4) is 0 Å². The predicted octanol–water partition coefficient (Wildman–Crippen LogP) is 4.04. The van der Waals surface area contributed by atoms with Crippen molar-refractivity contribution in [1.29, 1.82) is 0 Å². The zero-order chi connectivity index (χ0) is 21.0. The summed E-state index contributed by atoms with van der Waals surface area (Å²) in [6, 6.07) is 4.67. The average molecular weight is 473 g/mol. The third-order valence-corrected chi connectivity index (χ3v) is 8.93. The molecule has 1 N–H and O–H groups in total. The second kappa shape index (κ2) is 9.67. The largest absolute Gasteiger partial charge is 0.339 e. The summed E-state index contributed by atoms with van der Waals surface area (Å²) in [4.78, 5) is 15.5. The number of nitrogens with one attached hydrogen (secondary N) is 1. The maximum atomic E-state index is 12.9. The number of aromatic nitrogens is 2. The first-order chi connectivity index (χ1) is 13.8. The van der Waals surface area contributed by atoms with Crippen LogP contribution in [0.3, 0.4) is 0 Å². The van der Waals surface area contributed by atoms with Gasteiger partial charge in [-0.15, -0.1) is 22.0 Å². The molecule has 0 saturated carbocycles. The van der Waals surface area contributed by atoms with Crippen LogP contribution >= 0.6 is 34.9 Å². The molecule has 1 fully saturated rings. The SMILES string of the molecule is CSc1ccc(S(=O)(=O)Nc2nnc(SCC(C)C)s2)cc1C(=O)N1CCCC1. The number of carbonyl (C=O) groups excluding carboxylic acids is 1. The minimum absolute atomic E-state index is 0.0458. The first-order valence-corrected chi connectivity index (χ1v) is 13.8. The van der Waals surface area contributed by atoms with Gasteiger partial charge in [-0.2, -0.15) is 0 Å². The van der Waals surface area contributed by atoms with Crippen LogP contribution < -0.4 is 4.72 Å². The molecule has 1 saturated heterocycles. The summed E-state index contributed by atoms with van der Waals surface area (Å²) in [5.41, 5.74) is 0.424. The molecule has 11 heteroatoms. The molecule has 1 aromatic carbocycles. The normalized spacial score (nSPS) is 14.6. The van der Waals surface area contributed by atoms with Crippen LogP contribution in [0.5, 0.6) is 0 Å². The van der Waals surface area contributed by atoms with E-state index in [2.05, 4.69) is 28.8 Å². The summed E-state index contributed by atoms with van der Waals surface area (Å²) in [7, 11) is -3.87. The number of carbonyl (C=O) groups is 1. The van der Waals surface area contributed by atoms with E-state index < -0.39 is 10.0 Å². The summed E-state index contributed by atoms with van der Waals surface area (Å²) in [5.74, 6) is 1.28. The monoisotopic (exact) mass is 472 g/mol. The van der Waals surface area contributed by atoms with Crippen LogP contribution in [0.4, 0.5) is 5.13 Å². The first kappa shape index (κ1) is 22.4. The minimum atomic E-state index is -3.87. The number of nitrogens with zero attached hydrogens (tertiary/aromatic N) is 3. The van der Waals surface area contributed by atoms with Crippen LogP contribution in [0.2, 0.25) is 0 Å². The number of amides is 1. The molecule has 3 rings (SSSR count). The van der Waals surface area contributed by atoms with Crippen molar-refractivity contribution >= 4 is 55.9 Å². The fourth-order valence-electron chi connectivity index (χ4n) is 2.83. The molecule has 1 aliphatic heterocycles. The first-order valence-electron chi connectivity index (χ1n) is 9.26. The molecule has 1 aliphatic rings. The third kappa shape index (κ3) is 5.65. The number of likely N-dealkylation sites (tertiary alicyclic amines) is 1. The summed E-state index contributed by atoms with van der Waals surface area (Å²) in [5, 5.41) is 8.19. The maximum Gasteiger partial charge on any atom is 0.263 e. The Balaban J connectivity index is 1.81. The second-order valence-electron chi connectivity index (χ2n) is 7.04. The molecule has 158 valence electrons. The van der Waals surface area contributed by atoms with Gasteiger partial charge in [-0.25, -0.2) is 8.42 Å². The van der Waals surface area contributed by atoms with Gasteiger partial charge in [-0.3, -0.25) is 9.52 Å². The number of hydrogen-bond acceptors (Lipinski definition) is 8. The van der Waals surface area contributed by atoms with E-state index in [-0.39, 0.29) is 15.9 Å². The van der Waals surface area contributed by atoms with Gasteiger partial charge in [0, 0.05) is 23.7 Å². The van der Waals surface area contributed by atoms with Crippen molar-refractivity contribution in [3.63, 3.8) is 0 Å². The van der Waals surface area contributed by atoms with E-state index in [1.165, 1.54) is 35.2 Å². The standard InChI is InChI=1S/C18H24N4O3S4/c1-12(2)11-27-18-20-19-17(28-18)21-29(24,25)13-6-7-15(26-3)14(10-13)16(23)22-8-4-5-9-22/h6-7,10,12H,4-5,8-9,11H2,1-3H3,(H,19,21). The lowest BCUT2D eigenvalue weighted by Crippen LogP contribution is -2.28. The smallest absolute Gasteiger partial charge is 0.263 e. The minimum Gasteiger partial charge on any atom is -0.339 e. The van der Waals surface area contributed by atoms with Crippen LogP contribution in [0, 0.1) is 5.92 Å². The Morgan fingerprint density at radius 1 is 1.28 bits per heavy atom. The lowest BCUT2D eigenvalue weighted by atomic mass is 10.2. The van der Waals surface area contributed by atoms with E-state index in [9.17, 15) is 13.2 Å². The van der Waals surface area contributed by atoms with Gasteiger partial charge < -0.3 is 4.90 Å². The molecule has 7 nitrogen and oxygen atoms in total. The zero-order valence-electron chi connectivity index (χ0n) is 16.5. The lowest BCUT2D eigenvalue weighted by Gasteiger charge is -2.18. The summed E-state index contributed by atoms with van der Waals surface area (Å²) in [6.45, 7) is 5.64. The van der Waals surface area contributed by atoms with Crippen molar-refractivity contribution in [2.24, 2.45) is 5.92 Å². The van der Waals surface area contributed by atoms with Gasteiger partial charge in [-0.05, 0) is 43.2 Å². The Bertz CT molecular complexity index is 969. The number of anilines is 1. The van der Waals surface area contributed by atoms with Gasteiger partial charge in [-0.1, -0.05) is 36.9 Å². The Hall–Kier alpha value is -1.30. The van der Waals surface area contributed by atoms with Gasteiger partial charge >= 0.3 is 0 Å². The van der Waals surface area contributed by atoms with Gasteiger partial charge in [0.15, 0.2) is 4.34 Å². The van der Waals surface area contributed by atoms with E-state index in [4.69, 9.17) is 0 Å². The molecule has 0 atom stereocenters. The Morgan fingerprint density at radius 2 is 2.00 bits per heavy atom. The molecule has 2 aromatic rings. The van der Waals surface area contributed by atoms with E-state index in [0.717, 1.165) is 27.8 Å². The fourth-order valence-corrected chi connectivity index (χ4v) is 6.39. The molecule has 0 bridgehead atoms. The van der Waals surface area contributed by atoms with Gasteiger partial charge in [0.05, 0.1) is 10.5 Å². The highest BCUT2D eigenvalue weighted by atomic mass is 32.2. The molecule has 0 aliphatic carbocycles. The Labute approximate surface area is 184 Å². The fraction of sp³-hybridized carbons (Fsp3) is 0.500. The number of rotatable bonds is 8. The molecule has 29 heavy (non-hydrogen) atoms. The van der Waals surface area contributed by atoms with E-state index in [1.54, 1.807) is 22.7 Å². The van der Waals surface area contributed by atoms with Crippen LogP contribution in [0.1, 0.15) is 37.0 Å². The summed E-state index contributed by atoms with van der Waals surface area (Å²) in [6.07, 6.45) is 3.84. The summed E-state index contributed by atoms with van der Waals surface area (Å²) < 4.78 is 28.9. The molecular formula is C18H24N4O3S4. The van der Waals surface area contributed by atoms with Crippen LogP contribution in [-0.4, -0.2) is 54.5 Å². The predicted molar refractivity (Wildman–Crippen MR) is 120 cm³/mol. The summed E-state index contributed by atoms with van der Waals surface area (Å²) >= 11 is 4.19. The molecule has 1 aromatic heterocycles. The topological polar surface area (TPSA) is 92.3 Å². The molecule has 0 radical (unpaired) electrons. The number of thioether (sulfide) groups is 2. The van der Waals surface area contributed by atoms with Gasteiger partial charge in [0.1, 0.15) is 0 Å². The van der Waals surface area contributed by atoms with Crippen LogP contribution in [0.25, 0.3) is 0 Å². The quantitative estimate of drug-likeness (QED) is 0.580. The molecule has 1 amide bonds. The van der Waals surface area contributed by atoms with Crippen molar-refractivity contribution in [2.45, 2.75) is 40.8 Å². The molecule has 0 unspecified atom stereocenters. The highest BCUT2D eigenvalue weighted by Crippen LogP contribution is 2.30. The van der Waals surface area contributed by atoms with Gasteiger partial charge in [0.2, 0.25) is 5.13 Å². The highest BCUT2D eigenvalue weighted by molar-refractivity contribution is 8.01. The van der Waals surface area contributed by atoms with Crippen LogP contribution in [0.15, 0.2) is 32.3 Å². The second-order valence-corrected chi connectivity index (χ2v) is 11.8. The third-order valence-electron chi connectivity index (χ3n) is 4.27.